The summed E-state index contributed by atoms with van der Waals surface area (Å²) in [6.07, 6.45) is 4.14. The first-order valence-corrected chi connectivity index (χ1v) is 8.14. The summed E-state index contributed by atoms with van der Waals surface area (Å²) in [5.41, 5.74) is 0.876. The standard InChI is InChI=1S/C17H24N4O2/c1-18-17(19-12-5-3-6-12)20-13-9-16(22)21(11-13)14-7-4-8-15(10-14)23-2/h4,7-8,10,12-13H,3,5-6,9,11H2,1-2H3,(H2,18,19,20). The van der Waals surface area contributed by atoms with E-state index in [0.717, 1.165) is 17.4 Å². The first-order valence-electron chi connectivity index (χ1n) is 8.14. The van der Waals surface area contributed by atoms with Gasteiger partial charge in [-0.2, -0.15) is 0 Å². The van der Waals surface area contributed by atoms with Crippen LogP contribution in [-0.2, 0) is 4.79 Å². The van der Waals surface area contributed by atoms with Gasteiger partial charge in [0.25, 0.3) is 0 Å². The third-order valence-electron chi connectivity index (χ3n) is 4.50. The number of hydrogen-bond donors (Lipinski definition) is 2. The van der Waals surface area contributed by atoms with Gasteiger partial charge in [-0.15, -0.1) is 0 Å². The fourth-order valence-electron chi connectivity index (χ4n) is 2.94. The van der Waals surface area contributed by atoms with Gasteiger partial charge >= 0.3 is 0 Å². The maximum atomic E-state index is 12.3. The highest BCUT2D eigenvalue weighted by molar-refractivity contribution is 5.97. The van der Waals surface area contributed by atoms with Gasteiger partial charge in [-0.1, -0.05) is 6.07 Å². The zero-order valence-corrected chi connectivity index (χ0v) is 13.7. The lowest BCUT2D eigenvalue weighted by Crippen LogP contribution is -2.50. The van der Waals surface area contributed by atoms with E-state index < -0.39 is 0 Å². The second kappa shape index (κ2) is 6.89. The van der Waals surface area contributed by atoms with E-state index >= 15 is 0 Å². The van der Waals surface area contributed by atoms with Crippen LogP contribution in [0.3, 0.4) is 0 Å². The second-order valence-electron chi connectivity index (χ2n) is 6.10. The van der Waals surface area contributed by atoms with Crippen LogP contribution in [0.5, 0.6) is 5.75 Å². The van der Waals surface area contributed by atoms with Crippen LogP contribution >= 0.6 is 0 Å². The van der Waals surface area contributed by atoms with Crippen molar-refractivity contribution in [3.8, 4) is 5.75 Å². The first kappa shape index (κ1) is 15.6. The molecule has 1 saturated carbocycles. The molecule has 2 fully saturated rings. The Hall–Kier alpha value is -2.24. The lowest BCUT2D eigenvalue weighted by molar-refractivity contribution is -0.117. The lowest BCUT2D eigenvalue weighted by Gasteiger charge is -2.29. The Morgan fingerprint density at radius 1 is 1.30 bits per heavy atom. The minimum Gasteiger partial charge on any atom is -0.497 e. The van der Waals surface area contributed by atoms with Crippen LogP contribution in [0.2, 0.25) is 0 Å². The smallest absolute Gasteiger partial charge is 0.229 e. The van der Waals surface area contributed by atoms with Crippen molar-refractivity contribution in [1.82, 2.24) is 10.6 Å². The van der Waals surface area contributed by atoms with E-state index in [9.17, 15) is 4.79 Å². The van der Waals surface area contributed by atoms with Gasteiger partial charge in [-0.3, -0.25) is 9.79 Å². The minimum absolute atomic E-state index is 0.0694. The molecule has 1 atom stereocenters. The van der Waals surface area contributed by atoms with Crippen molar-refractivity contribution in [3.63, 3.8) is 0 Å². The van der Waals surface area contributed by atoms with Crippen LogP contribution in [-0.4, -0.2) is 44.7 Å². The lowest BCUT2D eigenvalue weighted by atomic mass is 9.93. The molecule has 1 aliphatic carbocycles. The normalized spacial score (nSPS) is 22.0. The summed E-state index contributed by atoms with van der Waals surface area (Å²) < 4.78 is 5.24. The summed E-state index contributed by atoms with van der Waals surface area (Å²) in [5.74, 6) is 1.67. The Morgan fingerprint density at radius 3 is 2.74 bits per heavy atom. The molecule has 6 nitrogen and oxygen atoms in total. The van der Waals surface area contributed by atoms with Crippen LogP contribution in [0, 0.1) is 0 Å². The SMILES string of the molecule is CN=C(NC1CCC1)NC1CC(=O)N(c2cccc(OC)c2)C1. The first-order chi connectivity index (χ1) is 11.2. The van der Waals surface area contributed by atoms with Crippen LogP contribution < -0.4 is 20.3 Å². The van der Waals surface area contributed by atoms with Gasteiger partial charge in [0.2, 0.25) is 5.91 Å². The van der Waals surface area contributed by atoms with Gasteiger partial charge in [0, 0.05) is 37.8 Å². The minimum atomic E-state index is 0.0694. The highest BCUT2D eigenvalue weighted by Gasteiger charge is 2.31. The van der Waals surface area contributed by atoms with Gasteiger partial charge < -0.3 is 20.3 Å². The second-order valence-corrected chi connectivity index (χ2v) is 6.10. The molecular formula is C17H24N4O2. The predicted molar refractivity (Wildman–Crippen MR) is 91.0 cm³/mol. The summed E-state index contributed by atoms with van der Waals surface area (Å²) in [6.45, 7) is 0.636. The van der Waals surface area contributed by atoms with Crippen molar-refractivity contribution in [2.24, 2.45) is 4.99 Å². The van der Waals surface area contributed by atoms with Gasteiger partial charge in [0.1, 0.15) is 5.75 Å². The fourth-order valence-corrected chi connectivity index (χ4v) is 2.94. The molecule has 1 unspecified atom stereocenters. The number of rotatable bonds is 4. The molecule has 2 aliphatic rings. The fraction of sp³-hybridized carbons (Fsp3) is 0.529. The van der Waals surface area contributed by atoms with Crippen LogP contribution in [0.4, 0.5) is 5.69 Å². The Morgan fingerprint density at radius 2 is 2.09 bits per heavy atom. The number of amides is 1. The molecule has 0 spiro atoms. The number of methoxy groups -OCH3 is 1. The topological polar surface area (TPSA) is 66.0 Å². The molecule has 23 heavy (non-hydrogen) atoms. The van der Waals surface area contributed by atoms with Gasteiger partial charge in [-0.05, 0) is 31.4 Å². The highest BCUT2D eigenvalue weighted by atomic mass is 16.5. The zero-order chi connectivity index (χ0) is 16.2. The molecule has 2 N–H and O–H groups in total. The van der Waals surface area contributed by atoms with Crippen molar-refractivity contribution in [3.05, 3.63) is 24.3 Å². The summed E-state index contributed by atoms with van der Waals surface area (Å²) in [7, 11) is 3.40. The number of hydrogen-bond acceptors (Lipinski definition) is 3. The zero-order valence-electron chi connectivity index (χ0n) is 13.7. The van der Waals surface area contributed by atoms with Crippen LogP contribution in [0.25, 0.3) is 0 Å². The molecule has 1 heterocycles. The molecule has 1 aromatic carbocycles. The highest BCUT2D eigenvalue weighted by Crippen LogP contribution is 2.25. The Kier molecular flexibility index (Phi) is 4.69. The molecule has 1 saturated heterocycles. The molecule has 1 aromatic rings. The summed E-state index contributed by atoms with van der Waals surface area (Å²) >= 11 is 0. The molecule has 3 rings (SSSR count). The molecule has 0 aromatic heterocycles. The third-order valence-corrected chi connectivity index (χ3v) is 4.50. The quantitative estimate of drug-likeness (QED) is 0.653. The molecule has 0 bridgehead atoms. The van der Waals surface area contributed by atoms with Crippen LogP contribution in [0.15, 0.2) is 29.3 Å². The van der Waals surface area contributed by atoms with E-state index in [2.05, 4.69) is 15.6 Å². The number of guanidine groups is 1. The number of nitrogens with one attached hydrogen (secondary N) is 2. The van der Waals surface area contributed by atoms with E-state index in [1.807, 2.05) is 24.3 Å². The number of carbonyl (C=O) groups is 1. The molecular weight excluding hydrogens is 292 g/mol. The average Bonchev–Trinajstić information content (AvgIpc) is 2.90. The van der Waals surface area contributed by atoms with Gasteiger partial charge in [0.15, 0.2) is 5.96 Å². The average molecular weight is 316 g/mol. The van der Waals surface area contributed by atoms with Crippen molar-refractivity contribution >= 4 is 17.6 Å². The summed E-state index contributed by atoms with van der Waals surface area (Å²) in [5, 5.41) is 6.78. The predicted octanol–water partition coefficient (Wildman–Crippen LogP) is 1.52. The number of benzene rings is 1. The van der Waals surface area contributed by atoms with E-state index in [1.54, 1.807) is 19.1 Å². The summed E-state index contributed by atoms with van der Waals surface area (Å²) in [6, 6.07) is 8.20. The number of carbonyl (C=O) groups excluding carboxylic acids is 1. The van der Waals surface area contributed by atoms with Crippen molar-refractivity contribution in [2.45, 2.75) is 37.8 Å². The molecule has 124 valence electrons. The van der Waals surface area contributed by atoms with E-state index in [4.69, 9.17) is 4.74 Å². The number of ether oxygens (including phenoxy) is 1. The van der Waals surface area contributed by atoms with E-state index in [1.165, 1.54) is 19.3 Å². The Balaban J connectivity index is 1.62. The van der Waals surface area contributed by atoms with Crippen molar-refractivity contribution in [1.29, 1.82) is 0 Å². The van der Waals surface area contributed by atoms with Crippen molar-refractivity contribution in [2.75, 3.05) is 25.6 Å². The van der Waals surface area contributed by atoms with E-state index in [0.29, 0.717) is 19.0 Å². The van der Waals surface area contributed by atoms with Crippen LogP contribution in [0.1, 0.15) is 25.7 Å². The monoisotopic (exact) mass is 316 g/mol. The Labute approximate surface area is 136 Å². The number of anilines is 1. The maximum Gasteiger partial charge on any atom is 0.229 e. The molecule has 1 amide bonds. The number of nitrogens with zero attached hydrogens (tertiary/aromatic N) is 2. The molecule has 6 heteroatoms. The summed E-state index contributed by atoms with van der Waals surface area (Å²) in [4.78, 5) is 18.4. The van der Waals surface area contributed by atoms with Gasteiger partial charge in [0.05, 0.1) is 13.2 Å². The third kappa shape index (κ3) is 3.57. The van der Waals surface area contributed by atoms with Gasteiger partial charge in [-0.25, -0.2) is 0 Å². The molecule has 1 aliphatic heterocycles. The Bertz CT molecular complexity index is 598. The molecule has 0 radical (unpaired) electrons. The van der Waals surface area contributed by atoms with E-state index in [-0.39, 0.29) is 11.9 Å². The largest absolute Gasteiger partial charge is 0.497 e. The number of aliphatic imine (C=N–C) groups is 1. The van der Waals surface area contributed by atoms with Crippen molar-refractivity contribution < 1.29 is 9.53 Å². The maximum absolute atomic E-state index is 12.3.